The molecule has 5 rings (SSSR count). The molecule has 39 heavy (non-hydrogen) atoms. The third kappa shape index (κ3) is 5.39. The fourth-order valence-corrected chi connectivity index (χ4v) is 5.74. The number of nitrogens with one attached hydrogen (secondary N) is 1. The summed E-state index contributed by atoms with van der Waals surface area (Å²) in [5.41, 5.74) is 0.830. The van der Waals surface area contributed by atoms with E-state index in [0.29, 0.717) is 31.9 Å². The van der Waals surface area contributed by atoms with E-state index in [9.17, 15) is 19.1 Å². The number of aromatic nitrogens is 1. The zero-order valence-electron chi connectivity index (χ0n) is 20.3. The standard InChI is InChI=1S/C30H21Cl2FN2O3S/c31-23-11-10-19(14-24(23)32)26-17-39-29(35-26)30(28(38)34-16-20-8-4-5-9-25(20)33)13-12-21(22(15-30)27(36)37)18-6-2-1-3-7-18/h1-15,17,21H,16H2,(H,34,38)(H,36,37). The van der Waals surface area contributed by atoms with Crippen molar-refractivity contribution in [2.75, 3.05) is 0 Å². The number of carbonyl (C=O) groups is 2. The molecule has 1 heterocycles. The maximum absolute atomic E-state index is 14.3. The van der Waals surface area contributed by atoms with Crippen LogP contribution in [-0.4, -0.2) is 22.0 Å². The fourth-order valence-electron chi connectivity index (χ4n) is 4.47. The van der Waals surface area contributed by atoms with Gasteiger partial charge in [0.05, 0.1) is 15.7 Å². The summed E-state index contributed by atoms with van der Waals surface area (Å²) in [5.74, 6) is -2.69. The number of carbonyl (C=O) groups excluding carboxylic acids is 1. The van der Waals surface area contributed by atoms with Gasteiger partial charge in [-0.2, -0.15) is 0 Å². The minimum Gasteiger partial charge on any atom is -0.478 e. The Morgan fingerprint density at radius 3 is 2.49 bits per heavy atom. The Morgan fingerprint density at radius 1 is 1.03 bits per heavy atom. The SMILES string of the molecule is O=C(O)C1=CC(C(=O)NCc2ccccc2F)(c2nc(-c3ccc(Cl)c(Cl)c3)cs2)C=CC1c1ccccc1. The summed E-state index contributed by atoms with van der Waals surface area (Å²) in [6.45, 7) is -0.0789. The predicted octanol–water partition coefficient (Wildman–Crippen LogP) is 7.17. The summed E-state index contributed by atoms with van der Waals surface area (Å²) >= 11 is 13.5. The molecule has 2 N–H and O–H groups in total. The van der Waals surface area contributed by atoms with E-state index in [2.05, 4.69) is 5.32 Å². The molecular formula is C30H21Cl2FN2O3S. The minimum atomic E-state index is -1.54. The van der Waals surface area contributed by atoms with Crippen molar-refractivity contribution < 1.29 is 19.1 Å². The number of carboxylic acid groups (broad SMARTS) is 1. The maximum Gasteiger partial charge on any atom is 0.332 e. The van der Waals surface area contributed by atoms with Gasteiger partial charge in [-0.1, -0.05) is 90.0 Å². The van der Waals surface area contributed by atoms with Crippen LogP contribution in [0, 0.1) is 5.82 Å². The quantitative estimate of drug-likeness (QED) is 0.228. The lowest BCUT2D eigenvalue weighted by molar-refractivity contribution is -0.132. The van der Waals surface area contributed by atoms with Gasteiger partial charge in [-0.15, -0.1) is 11.3 Å². The van der Waals surface area contributed by atoms with Crippen molar-refractivity contribution in [1.29, 1.82) is 0 Å². The molecule has 0 radical (unpaired) electrons. The van der Waals surface area contributed by atoms with Crippen molar-refractivity contribution in [3.63, 3.8) is 0 Å². The van der Waals surface area contributed by atoms with Gasteiger partial charge in [-0.3, -0.25) is 4.79 Å². The monoisotopic (exact) mass is 578 g/mol. The lowest BCUT2D eigenvalue weighted by Gasteiger charge is -2.30. The van der Waals surface area contributed by atoms with Crippen molar-refractivity contribution in [2.24, 2.45) is 0 Å². The first-order chi connectivity index (χ1) is 18.8. The Bertz CT molecular complexity index is 1620. The fraction of sp³-hybridized carbons (Fsp3) is 0.100. The summed E-state index contributed by atoms with van der Waals surface area (Å²) in [6, 6.07) is 20.4. The highest BCUT2D eigenvalue weighted by Crippen LogP contribution is 2.42. The summed E-state index contributed by atoms with van der Waals surface area (Å²) in [7, 11) is 0. The third-order valence-electron chi connectivity index (χ3n) is 6.52. The molecular weight excluding hydrogens is 558 g/mol. The number of nitrogens with zero attached hydrogens (tertiary/aromatic N) is 1. The van der Waals surface area contributed by atoms with Crippen LogP contribution >= 0.6 is 34.5 Å². The number of halogens is 3. The summed E-state index contributed by atoms with van der Waals surface area (Å²) in [5, 5.41) is 15.9. The van der Waals surface area contributed by atoms with E-state index in [1.54, 1.807) is 53.9 Å². The van der Waals surface area contributed by atoms with Gasteiger partial charge in [-0.05, 0) is 29.8 Å². The van der Waals surface area contributed by atoms with Crippen LogP contribution in [0.4, 0.5) is 4.39 Å². The van der Waals surface area contributed by atoms with Crippen LogP contribution < -0.4 is 5.32 Å². The van der Waals surface area contributed by atoms with Gasteiger partial charge in [0, 0.05) is 34.5 Å². The highest BCUT2D eigenvalue weighted by Gasteiger charge is 2.43. The van der Waals surface area contributed by atoms with Crippen LogP contribution in [0.3, 0.4) is 0 Å². The molecule has 1 aliphatic carbocycles. The molecule has 1 aromatic heterocycles. The van der Waals surface area contributed by atoms with E-state index in [0.717, 1.165) is 5.56 Å². The van der Waals surface area contributed by atoms with E-state index in [4.69, 9.17) is 28.2 Å². The second kappa shape index (κ2) is 11.1. The highest BCUT2D eigenvalue weighted by molar-refractivity contribution is 7.10. The van der Waals surface area contributed by atoms with E-state index in [1.807, 2.05) is 30.3 Å². The molecule has 3 aromatic carbocycles. The van der Waals surface area contributed by atoms with Gasteiger partial charge < -0.3 is 10.4 Å². The molecule has 2 unspecified atom stereocenters. The number of allylic oxidation sites excluding steroid dienone is 1. The maximum atomic E-state index is 14.3. The first kappa shape index (κ1) is 26.8. The molecule has 0 aliphatic heterocycles. The summed E-state index contributed by atoms with van der Waals surface area (Å²) < 4.78 is 14.3. The number of benzene rings is 3. The van der Waals surface area contributed by atoms with Crippen molar-refractivity contribution in [2.45, 2.75) is 17.9 Å². The van der Waals surface area contributed by atoms with Crippen molar-refractivity contribution >= 4 is 46.4 Å². The largest absolute Gasteiger partial charge is 0.478 e. The number of aliphatic carboxylic acids is 1. The molecule has 1 amide bonds. The Balaban J connectivity index is 1.58. The molecule has 4 aromatic rings. The molecule has 0 spiro atoms. The van der Waals surface area contributed by atoms with Crippen LogP contribution in [-0.2, 0) is 21.5 Å². The topological polar surface area (TPSA) is 79.3 Å². The third-order valence-corrected chi connectivity index (χ3v) is 8.25. The summed E-state index contributed by atoms with van der Waals surface area (Å²) in [4.78, 5) is 31.1. The Hall–Kier alpha value is -3.78. The van der Waals surface area contributed by atoms with Gasteiger partial charge in [-0.25, -0.2) is 14.2 Å². The van der Waals surface area contributed by atoms with E-state index >= 15 is 0 Å². The predicted molar refractivity (Wildman–Crippen MR) is 152 cm³/mol. The average Bonchev–Trinajstić information content (AvgIpc) is 3.45. The van der Waals surface area contributed by atoms with E-state index < -0.39 is 29.0 Å². The van der Waals surface area contributed by atoms with E-state index in [-0.39, 0.29) is 12.1 Å². The minimum absolute atomic E-state index is 0.0380. The molecule has 0 bridgehead atoms. The van der Waals surface area contributed by atoms with Crippen LogP contribution in [0.15, 0.2) is 102 Å². The zero-order chi connectivity index (χ0) is 27.6. The molecule has 0 fully saturated rings. The number of thiazole rings is 1. The second-order valence-electron chi connectivity index (χ2n) is 8.96. The van der Waals surface area contributed by atoms with Crippen molar-refractivity contribution in [3.05, 3.63) is 134 Å². The molecule has 196 valence electrons. The highest BCUT2D eigenvalue weighted by atomic mass is 35.5. The lowest BCUT2D eigenvalue weighted by atomic mass is 9.75. The van der Waals surface area contributed by atoms with Crippen LogP contribution in [0.5, 0.6) is 0 Å². The molecule has 5 nitrogen and oxygen atoms in total. The van der Waals surface area contributed by atoms with Gasteiger partial charge in [0.1, 0.15) is 16.2 Å². The molecule has 0 saturated carbocycles. The number of amides is 1. The van der Waals surface area contributed by atoms with Crippen molar-refractivity contribution in [3.8, 4) is 11.3 Å². The Labute approximate surface area is 238 Å². The number of hydrogen-bond donors (Lipinski definition) is 2. The van der Waals surface area contributed by atoms with E-state index in [1.165, 1.54) is 23.5 Å². The zero-order valence-corrected chi connectivity index (χ0v) is 22.6. The van der Waals surface area contributed by atoms with Gasteiger partial charge in [0.25, 0.3) is 0 Å². The van der Waals surface area contributed by atoms with Gasteiger partial charge in [0.15, 0.2) is 0 Å². The Morgan fingerprint density at radius 2 is 1.77 bits per heavy atom. The Kier molecular flexibility index (Phi) is 7.66. The lowest BCUT2D eigenvalue weighted by Crippen LogP contribution is -2.43. The first-order valence-electron chi connectivity index (χ1n) is 11.9. The average molecular weight is 579 g/mol. The number of hydrogen-bond acceptors (Lipinski definition) is 4. The van der Waals surface area contributed by atoms with Gasteiger partial charge in [0.2, 0.25) is 5.91 Å². The molecule has 2 atom stereocenters. The van der Waals surface area contributed by atoms with Crippen LogP contribution in [0.2, 0.25) is 10.0 Å². The first-order valence-corrected chi connectivity index (χ1v) is 13.6. The molecule has 9 heteroatoms. The number of rotatable bonds is 7. The van der Waals surface area contributed by atoms with Crippen LogP contribution in [0.25, 0.3) is 11.3 Å². The van der Waals surface area contributed by atoms with Gasteiger partial charge >= 0.3 is 5.97 Å². The van der Waals surface area contributed by atoms with Crippen molar-refractivity contribution in [1.82, 2.24) is 10.3 Å². The second-order valence-corrected chi connectivity index (χ2v) is 10.6. The summed E-state index contributed by atoms with van der Waals surface area (Å²) in [6.07, 6.45) is 4.83. The number of carboxylic acids is 1. The normalized spacial score (nSPS) is 18.4. The smallest absolute Gasteiger partial charge is 0.332 e. The molecule has 0 saturated heterocycles. The molecule has 1 aliphatic rings. The van der Waals surface area contributed by atoms with Crippen LogP contribution in [0.1, 0.15) is 22.1 Å².